The first-order valence-electron chi connectivity index (χ1n) is 6.10. The van der Waals surface area contributed by atoms with Gasteiger partial charge in [-0.25, -0.2) is 4.98 Å². The van der Waals surface area contributed by atoms with E-state index in [4.69, 9.17) is 21.1 Å². The molecule has 5 nitrogen and oxygen atoms in total. The quantitative estimate of drug-likeness (QED) is 0.738. The predicted octanol–water partition coefficient (Wildman–Crippen LogP) is 2.61. The highest BCUT2D eigenvalue weighted by Crippen LogP contribution is 2.21. The third-order valence-corrected chi connectivity index (χ3v) is 2.22. The third kappa shape index (κ3) is 5.51. The van der Waals surface area contributed by atoms with Crippen molar-refractivity contribution in [1.82, 2.24) is 9.97 Å². The van der Waals surface area contributed by atoms with Gasteiger partial charge in [0.15, 0.2) is 0 Å². The number of anilines is 1. The fourth-order valence-corrected chi connectivity index (χ4v) is 1.36. The van der Waals surface area contributed by atoms with Crippen LogP contribution in [-0.4, -0.2) is 36.3 Å². The number of nitrogens with one attached hydrogen (secondary N) is 1. The Balaban J connectivity index is 2.38. The maximum atomic E-state index is 5.94. The maximum Gasteiger partial charge on any atom is 0.237 e. The summed E-state index contributed by atoms with van der Waals surface area (Å²) in [5, 5.41) is 3.40. The molecule has 6 heteroatoms. The van der Waals surface area contributed by atoms with Crippen LogP contribution in [0, 0.1) is 5.92 Å². The van der Waals surface area contributed by atoms with Crippen molar-refractivity contribution in [1.29, 1.82) is 0 Å². The molecule has 18 heavy (non-hydrogen) atoms. The van der Waals surface area contributed by atoms with Crippen LogP contribution in [-0.2, 0) is 4.74 Å². The predicted molar refractivity (Wildman–Crippen MR) is 72.4 cm³/mol. The van der Waals surface area contributed by atoms with Crippen LogP contribution in [0.3, 0.4) is 0 Å². The van der Waals surface area contributed by atoms with Crippen molar-refractivity contribution in [3.63, 3.8) is 0 Å². The highest BCUT2D eigenvalue weighted by atomic mass is 35.5. The molecule has 0 aliphatic heterocycles. The second-order valence-electron chi connectivity index (χ2n) is 4.19. The molecule has 0 bridgehead atoms. The summed E-state index contributed by atoms with van der Waals surface area (Å²) >= 11 is 5.94. The Morgan fingerprint density at radius 2 is 2.17 bits per heavy atom. The van der Waals surface area contributed by atoms with Crippen LogP contribution in [0.15, 0.2) is 6.20 Å². The Kier molecular flexibility index (Phi) is 6.75. The molecule has 1 heterocycles. The first-order valence-corrected chi connectivity index (χ1v) is 6.48. The topological polar surface area (TPSA) is 56.3 Å². The molecule has 0 spiro atoms. The summed E-state index contributed by atoms with van der Waals surface area (Å²) in [4.78, 5) is 8.19. The lowest BCUT2D eigenvalue weighted by molar-refractivity contribution is 0.0806. The lowest BCUT2D eigenvalue weighted by Gasteiger charge is -2.10. The summed E-state index contributed by atoms with van der Waals surface area (Å²) in [5.41, 5.74) is 0. The molecule has 0 aliphatic carbocycles. The minimum atomic E-state index is 0.385. The summed E-state index contributed by atoms with van der Waals surface area (Å²) in [5.74, 6) is 1.42. The molecular weight excluding hydrogens is 254 g/mol. The Bertz CT molecular complexity index is 361. The number of hydrogen-bond acceptors (Lipinski definition) is 5. The average Bonchev–Trinajstić information content (AvgIpc) is 2.32. The summed E-state index contributed by atoms with van der Waals surface area (Å²) in [6, 6.07) is 0. The molecule has 0 radical (unpaired) electrons. The minimum absolute atomic E-state index is 0.385. The largest absolute Gasteiger partial charge is 0.474 e. The van der Waals surface area contributed by atoms with Gasteiger partial charge in [-0.05, 0) is 12.8 Å². The number of rotatable bonds is 8. The molecule has 1 aromatic rings. The summed E-state index contributed by atoms with van der Waals surface area (Å²) in [6.07, 6.45) is 1.52. The molecule has 0 aliphatic rings. The maximum absolute atomic E-state index is 5.94. The van der Waals surface area contributed by atoms with Gasteiger partial charge in [0, 0.05) is 13.2 Å². The molecule has 0 unspecified atom stereocenters. The van der Waals surface area contributed by atoms with Crippen molar-refractivity contribution in [2.45, 2.75) is 20.8 Å². The molecule has 0 atom stereocenters. The van der Waals surface area contributed by atoms with Gasteiger partial charge in [-0.3, -0.25) is 0 Å². The van der Waals surface area contributed by atoms with Crippen LogP contribution in [0.4, 0.5) is 5.95 Å². The number of nitrogens with zero attached hydrogens (tertiary/aromatic N) is 2. The van der Waals surface area contributed by atoms with Crippen LogP contribution in [0.1, 0.15) is 20.8 Å². The van der Waals surface area contributed by atoms with Crippen molar-refractivity contribution in [2.24, 2.45) is 5.92 Å². The van der Waals surface area contributed by atoms with Crippen molar-refractivity contribution in [3.05, 3.63) is 11.2 Å². The van der Waals surface area contributed by atoms with E-state index in [1.165, 1.54) is 6.20 Å². The van der Waals surface area contributed by atoms with Crippen LogP contribution in [0.25, 0.3) is 0 Å². The second kappa shape index (κ2) is 8.11. The Morgan fingerprint density at radius 3 is 2.83 bits per heavy atom. The monoisotopic (exact) mass is 273 g/mol. The number of ether oxygens (including phenoxy) is 2. The highest BCUT2D eigenvalue weighted by molar-refractivity contribution is 6.31. The van der Waals surface area contributed by atoms with Gasteiger partial charge in [0.05, 0.1) is 12.8 Å². The van der Waals surface area contributed by atoms with E-state index in [1.54, 1.807) is 0 Å². The van der Waals surface area contributed by atoms with Crippen molar-refractivity contribution in [2.75, 3.05) is 31.7 Å². The molecule has 102 valence electrons. The smallest absolute Gasteiger partial charge is 0.237 e. The first kappa shape index (κ1) is 15.0. The van der Waals surface area contributed by atoms with Gasteiger partial charge in [-0.15, -0.1) is 0 Å². The van der Waals surface area contributed by atoms with Crippen LogP contribution in [0.5, 0.6) is 5.88 Å². The fourth-order valence-electron chi connectivity index (χ4n) is 1.21. The lowest BCUT2D eigenvalue weighted by Crippen LogP contribution is -2.11. The zero-order chi connectivity index (χ0) is 13.4. The lowest BCUT2D eigenvalue weighted by atomic mass is 10.2. The van der Waals surface area contributed by atoms with Gasteiger partial charge in [0.2, 0.25) is 11.8 Å². The third-order valence-electron chi connectivity index (χ3n) is 1.96. The fraction of sp³-hybridized carbons (Fsp3) is 0.667. The van der Waals surface area contributed by atoms with Gasteiger partial charge in [-0.1, -0.05) is 25.4 Å². The molecule has 1 aromatic heterocycles. The van der Waals surface area contributed by atoms with Gasteiger partial charge in [-0.2, -0.15) is 4.98 Å². The summed E-state index contributed by atoms with van der Waals surface area (Å²) < 4.78 is 10.9. The molecule has 1 N–H and O–H groups in total. The van der Waals surface area contributed by atoms with E-state index in [1.807, 2.05) is 6.92 Å². The Hall–Kier alpha value is -1.07. The minimum Gasteiger partial charge on any atom is -0.474 e. The van der Waals surface area contributed by atoms with Crippen LogP contribution >= 0.6 is 11.6 Å². The molecule has 0 saturated heterocycles. The number of hydrogen-bond donors (Lipinski definition) is 1. The van der Waals surface area contributed by atoms with E-state index in [0.29, 0.717) is 36.0 Å². The highest BCUT2D eigenvalue weighted by Gasteiger charge is 2.06. The summed E-state index contributed by atoms with van der Waals surface area (Å²) in [6.45, 7) is 8.60. The zero-order valence-corrected chi connectivity index (χ0v) is 11.8. The molecule has 0 aromatic carbocycles. The van der Waals surface area contributed by atoms with E-state index in [2.05, 4.69) is 29.1 Å². The van der Waals surface area contributed by atoms with Gasteiger partial charge >= 0.3 is 0 Å². The van der Waals surface area contributed by atoms with Gasteiger partial charge in [0.25, 0.3) is 0 Å². The molecular formula is C12H20ClN3O2. The van der Waals surface area contributed by atoms with E-state index in [-0.39, 0.29) is 0 Å². The van der Waals surface area contributed by atoms with Crippen molar-refractivity contribution < 1.29 is 9.47 Å². The standard InChI is InChI=1S/C12H20ClN3O2/c1-4-14-12-15-7-10(13)11(16-12)18-6-5-17-8-9(2)3/h7,9H,4-6,8H2,1-3H3,(H,14,15,16). The Labute approximate surface area is 113 Å². The van der Waals surface area contributed by atoms with E-state index in [9.17, 15) is 0 Å². The van der Waals surface area contributed by atoms with Crippen molar-refractivity contribution in [3.8, 4) is 5.88 Å². The van der Waals surface area contributed by atoms with Crippen LogP contribution in [0.2, 0.25) is 5.02 Å². The molecule has 0 saturated carbocycles. The second-order valence-corrected chi connectivity index (χ2v) is 4.60. The van der Waals surface area contributed by atoms with E-state index < -0.39 is 0 Å². The van der Waals surface area contributed by atoms with Crippen LogP contribution < -0.4 is 10.1 Å². The normalized spacial score (nSPS) is 10.7. The SMILES string of the molecule is CCNc1ncc(Cl)c(OCCOCC(C)C)n1. The van der Waals surface area contributed by atoms with E-state index in [0.717, 1.165) is 13.2 Å². The molecule has 1 rings (SSSR count). The van der Waals surface area contributed by atoms with E-state index >= 15 is 0 Å². The average molecular weight is 274 g/mol. The zero-order valence-electron chi connectivity index (χ0n) is 11.1. The number of aromatic nitrogens is 2. The summed E-state index contributed by atoms with van der Waals surface area (Å²) in [7, 11) is 0. The van der Waals surface area contributed by atoms with Gasteiger partial charge in [0.1, 0.15) is 11.6 Å². The number of halogens is 1. The Morgan fingerprint density at radius 1 is 1.39 bits per heavy atom. The first-order chi connectivity index (χ1) is 8.63. The molecule has 0 amide bonds. The van der Waals surface area contributed by atoms with Crippen molar-refractivity contribution >= 4 is 17.5 Å². The molecule has 0 fully saturated rings. The van der Waals surface area contributed by atoms with Gasteiger partial charge < -0.3 is 14.8 Å².